The van der Waals surface area contributed by atoms with Crippen molar-refractivity contribution in [2.24, 2.45) is 0 Å². The summed E-state index contributed by atoms with van der Waals surface area (Å²) in [5.74, 6) is -2.28. The van der Waals surface area contributed by atoms with Gasteiger partial charge in [-0.2, -0.15) is 13.2 Å². The Bertz CT molecular complexity index is 1450. The summed E-state index contributed by atoms with van der Waals surface area (Å²) in [7, 11) is 0. The molecule has 10 heteroatoms. The molecule has 0 bridgehead atoms. The van der Waals surface area contributed by atoms with E-state index >= 15 is 0 Å². The maximum atomic E-state index is 13.8. The van der Waals surface area contributed by atoms with Crippen LogP contribution in [-0.2, 0) is 19.2 Å². The van der Waals surface area contributed by atoms with E-state index in [0.29, 0.717) is 10.6 Å². The Labute approximate surface area is 212 Å². The molecular weight excluding hydrogens is 528 g/mol. The van der Waals surface area contributed by atoms with Crippen molar-refractivity contribution >= 4 is 45.8 Å². The van der Waals surface area contributed by atoms with Crippen LogP contribution in [0.15, 0.2) is 63.8 Å². The second-order valence-corrected chi connectivity index (χ2v) is 8.65. The summed E-state index contributed by atoms with van der Waals surface area (Å²) in [5, 5.41) is 0.662. The number of alkyl halides is 3. The van der Waals surface area contributed by atoms with Crippen molar-refractivity contribution in [3.63, 3.8) is 0 Å². The SMILES string of the molecule is CCc1ccc(Oc2c(C(F)(F)F)oc3cc(OCc4c(Cl)ccc(Cl)c4Cl)ccc3c2=O)cc1. The van der Waals surface area contributed by atoms with Crippen LogP contribution in [-0.4, -0.2) is 0 Å². The fourth-order valence-corrected chi connectivity index (χ4v) is 3.95. The molecule has 0 unspecified atom stereocenters. The summed E-state index contributed by atoms with van der Waals surface area (Å²) in [4.78, 5) is 13.0. The highest BCUT2D eigenvalue weighted by atomic mass is 35.5. The van der Waals surface area contributed by atoms with Crippen LogP contribution < -0.4 is 14.9 Å². The van der Waals surface area contributed by atoms with E-state index in [1.165, 1.54) is 36.4 Å². The molecule has 0 N–H and O–H groups in total. The van der Waals surface area contributed by atoms with Crippen LogP contribution in [0.3, 0.4) is 0 Å². The highest BCUT2D eigenvalue weighted by molar-refractivity contribution is 6.44. The fourth-order valence-electron chi connectivity index (χ4n) is 3.29. The number of halogens is 6. The molecule has 0 fully saturated rings. The first-order valence-electron chi connectivity index (χ1n) is 10.3. The van der Waals surface area contributed by atoms with Gasteiger partial charge in [-0.1, -0.05) is 53.9 Å². The fraction of sp³-hybridized carbons (Fsp3) is 0.160. The number of rotatable bonds is 6. The summed E-state index contributed by atoms with van der Waals surface area (Å²) in [6.45, 7) is 1.82. The van der Waals surface area contributed by atoms with Crippen molar-refractivity contribution in [3.05, 3.63) is 96.8 Å². The number of hydrogen-bond donors (Lipinski definition) is 0. The zero-order valence-electron chi connectivity index (χ0n) is 18.0. The topological polar surface area (TPSA) is 48.7 Å². The zero-order chi connectivity index (χ0) is 25.3. The molecular formula is C25H16Cl3F3O4. The van der Waals surface area contributed by atoms with E-state index in [4.69, 9.17) is 48.7 Å². The van der Waals surface area contributed by atoms with Crippen LogP contribution in [0.4, 0.5) is 13.2 Å². The summed E-state index contributed by atoms with van der Waals surface area (Å²) >= 11 is 18.3. The van der Waals surface area contributed by atoms with Gasteiger partial charge in [0.05, 0.1) is 15.4 Å². The maximum absolute atomic E-state index is 13.8. The molecule has 0 amide bonds. The molecule has 0 saturated heterocycles. The normalized spacial score (nSPS) is 11.6. The first-order valence-corrected chi connectivity index (χ1v) is 11.4. The molecule has 0 spiro atoms. The van der Waals surface area contributed by atoms with E-state index in [9.17, 15) is 18.0 Å². The molecule has 0 radical (unpaired) electrons. The predicted octanol–water partition coefficient (Wildman–Crippen LogP) is 8.71. The minimum Gasteiger partial charge on any atom is -0.489 e. The molecule has 1 aromatic heterocycles. The van der Waals surface area contributed by atoms with Crippen LogP contribution in [0.5, 0.6) is 17.2 Å². The number of ether oxygens (including phenoxy) is 2. The lowest BCUT2D eigenvalue weighted by atomic mass is 10.1. The summed E-state index contributed by atoms with van der Waals surface area (Å²) in [6, 6.07) is 13.3. The molecule has 0 aliphatic carbocycles. The van der Waals surface area contributed by atoms with Gasteiger partial charge in [0.25, 0.3) is 5.76 Å². The molecule has 4 aromatic rings. The van der Waals surface area contributed by atoms with Crippen molar-refractivity contribution in [2.45, 2.75) is 26.1 Å². The molecule has 1 heterocycles. The number of hydrogen-bond acceptors (Lipinski definition) is 4. The molecule has 0 aliphatic rings. The van der Waals surface area contributed by atoms with Gasteiger partial charge in [0, 0.05) is 16.7 Å². The Morgan fingerprint density at radius 2 is 1.57 bits per heavy atom. The third-order valence-corrected chi connectivity index (χ3v) is 6.35. The van der Waals surface area contributed by atoms with Gasteiger partial charge in [0.1, 0.15) is 23.7 Å². The molecule has 4 rings (SSSR count). The van der Waals surface area contributed by atoms with E-state index in [1.54, 1.807) is 18.2 Å². The lowest BCUT2D eigenvalue weighted by molar-refractivity contribution is -0.154. The minimum atomic E-state index is -4.98. The van der Waals surface area contributed by atoms with E-state index in [1.807, 2.05) is 6.92 Å². The lowest BCUT2D eigenvalue weighted by Crippen LogP contribution is -2.15. The zero-order valence-corrected chi connectivity index (χ0v) is 20.3. The standard InChI is InChI=1S/C25H16Cl3F3O4/c1-2-13-3-5-14(6-4-13)34-23-22(32)16-8-7-15(11-20(16)35-24(23)25(29,30)31)33-12-17-18(26)9-10-19(27)21(17)28/h3-11H,2,12H2,1H3. The number of benzene rings is 3. The Hall–Kier alpha value is -2.87. The Balaban J connectivity index is 1.71. The van der Waals surface area contributed by atoms with Crippen molar-refractivity contribution < 1.29 is 27.1 Å². The van der Waals surface area contributed by atoms with Gasteiger partial charge < -0.3 is 13.9 Å². The van der Waals surface area contributed by atoms with E-state index < -0.39 is 23.1 Å². The van der Waals surface area contributed by atoms with Gasteiger partial charge in [0.2, 0.25) is 11.2 Å². The second-order valence-electron chi connectivity index (χ2n) is 7.46. The lowest BCUT2D eigenvalue weighted by Gasteiger charge is -2.14. The molecule has 182 valence electrons. The predicted molar refractivity (Wildman–Crippen MR) is 129 cm³/mol. The average Bonchev–Trinajstić information content (AvgIpc) is 2.83. The van der Waals surface area contributed by atoms with Crippen LogP contribution in [0.2, 0.25) is 15.1 Å². The highest BCUT2D eigenvalue weighted by Crippen LogP contribution is 2.39. The summed E-state index contributed by atoms with van der Waals surface area (Å²) in [6.07, 6.45) is -4.24. The van der Waals surface area contributed by atoms with E-state index in [2.05, 4.69) is 0 Å². The Morgan fingerprint density at radius 3 is 2.23 bits per heavy atom. The smallest absolute Gasteiger partial charge is 0.453 e. The maximum Gasteiger partial charge on any atom is 0.453 e. The average molecular weight is 544 g/mol. The quantitative estimate of drug-likeness (QED) is 0.228. The Morgan fingerprint density at radius 1 is 0.914 bits per heavy atom. The van der Waals surface area contributed by atoms with Crippen LogP contribution in [0.25, 0.3) is 11.0 Å². The van der Waals surface area contributed by atoms with Gasteiger partial charge in [-0.05, 0) is 48.4 Å². The second kappa shape index (κ2) is 10.0. The first-order chi connectivity index (χ1) is 16.6. The van der Waals surface area contributed by atoms with Gasteiger partial charge in [0.15, 0.2) is 0 Å². The van der Waals surface area contributed by atoms with Crippen molar-refractivity contribution in [2.75, 3.05) is 0 Å². The first kappa shape index (κ1) is 25.2. The van der Waals surface area contributed by atoms with Crippen molar-refractivity contribution in [1.29, 1.82) is 0 Å². The van der Waals surface area contributed by atoms with Crippen molar-refractivity contribution in [1.82, 2.24) is 0 Å². The molecule has 0 aliphatic heterocycles. The van der Waals surface area contributed by atoms with Gasteiger partial charge in [-0.15, -0.1) is 0 Å². The van der Waals surface area contributed by atoms with Crippen LogP contribution >= 0.6 is 34.8 Å². The van der Waals surface area contributed by atoms with Gasteiger partial charge >= 0.3 is 6.18 Å². The van der Waals surface area contributed by atoms with Gasteiger partial charge in [-0.3, -0.25) is 4.79 Å². The van der Waals surface area contributed by atoms with Crippen LogP contribution in [0.1, 0.15) is 23.8 Å². The van der Waals surface area contributed by atoms with Crippen molar-refractivity contribution in [3.8, 4) is 17.2 Å². The number of fused-ring (bicyclic) bond motifs is 1. The van der Waals surface area contributed by atoms with E-state index in [0.717, 1.165) is 12.0 Å². The Kier molecular flexibility index (Phi) is 7.22. The summed E-state index contributed by atoms with van der Waals surface area (Å²) < 4.78 is 57.5. The number of aryl methyl sites for hydroxylation is 1. The monoisotopic (exact) mass is 542 g/mol. The van der Waals surface area contributed by atoms with Crippen LogP contribution in [0, 0.1) is 0 Å². The minimum absolute atomic E-state index is 0.0783. The molecule has 3 aromatic carbocycles. The molecule has 0 atom stereocenters. The molecule has 0 saturated carbocycles. The third-order valence-electron chi connectivity index (χ3n) is 5.15. The highest BCUT2D eigenvalue weighted by Gasteiger charge is 2.40. The largest absolute Gasteiger partial charge is 0.489 e. The summed E-state index contributed by atoms with van der Waals surface area (Å²) in [5.41, 5.74) is 0.0745. The molecule has 4 nitrogen and oxygen atoms in total. The van der Waals surface area contributed by atoms with E-state index in [-0.39, 0.29) is 39.1 Å². The molecule has 35 heavy (non-hydrogen) atoms. The third kappa shape index (κ3) is 5.37. The van der Waals surface area contributed by atoms with Gasteiger partial charge in [-0.25, -0.2) is 0 Å².